The number of rotatable bonds is 4. The first-order valence-corrected chi connectivity index (χ1v) is 7.36. The Hall–Kier alpha value is -1.67. The molecule has 8 heteroatoms. The van der Waals surface area contributed by atoms with E-state index < -0.39 is 27.7 Å². The van der Waals surface area contributed by atoms with E-state index in [1.165, 1.54) is 19.2 Å². The van der Waals surface area contributed by atoms with Gasteiger partial charge in [-0.3, -0.25) is 4.79 Å². The summed E-state index contributed by atoms with van der Waals surface area (Å²) in [5, 5.41) is 8.88. The summed E-state index contributed by atoms with van der Waals surface area (Å²) in [7, 11) is -2.60. The van der Waals surface area contributed by atoms with Gasteiger partial charge in [-0.25, -0.2) is 12.8 Å². The highest BCUT2D eigenvalue weighted by atomic mass is 32.2. The van der Waals surface area contributed by atoms with E-state index in [-0.39, 0.29) is 30.2 Å². The van der Waals surface area contributed by atoms with E-state index in [1.54, 1.807) is 0 Å². The number of benzene rings is 1. The van der Waals surface area contributed by atoms with E-state index in [1.807, 2.05) is 0 Å². The average molecular weight is 303 g/mol. The van der Waals surface area contributed by atoms with E-state index in [0.717, 1.165) is 10.4 Å². The van der Waals surface area contributed by atoms with E-state index in [9.17, 15) is 17.6 Å². The van der Waals surface area contributed by atoms with Crippen LogP contribution in [0.1, 0.15) is 6.42 Å². The van der Waals surface area contributed by atoms with Gasteiger partial charge in [0.05, 0.1) is 17.9 Å². The van der Waals surface area contributed by atoms with Crippen LogP contribution in [0.3, 0.4) is 0 Å². The molecule has 1 aromatic rings. The van der Waals surface area contributed by atoms with Gasteiger partial charge in [0, 0.05) is 13.1 Å². The summed E-state index contributed by atoms with van der Waals surface area (Å²) < 4.78 is 43.9. The van der Waals surface area contributed by atoms with Gasteiger partial charge in [-0.05, 0) is 24.6 Å². The highest BCUT2D eigenvalue weighted by molar-refractivity contribution is 7.89. The van der Waals surface area contributed by atoms with Crippen molar-refractivity contribution in [1.29, 1.82) is 0 Å². The van der Waals surface area contributed by atoms with Crippen LogP contribution in [0.2, 0.25) is 0 Å². The predicted octanol–water partition coefficient (Wildman–Crippen LogP) is 0.929. The van der Waals surface area contributed by atoms with Gasteiger partial charge in [-0.2, -0.15) is 4.31 Å². The summed E-state index contributed by atoms with van der Waals surface area (Å²) in [4.78, 5) is 10.6. The molecule has 1 saturated heterocycles. The fourth-order valence-corrected chi connectivity index (χ4v) is 3.62. The van der Waals surface area contributed by atoms with Crippen molar-refractivity contribution < 1.29 is 27.4 Å². The number of carboxylic acids is 1. The lowest BCUT2D eigenvalue weighted by Crippen LogP contribution is -2.30. The van der Waals surface area contributed by atoms with Crippen molar-refractivity contribution in [3.05, 3.63) is 24.0 Å². The Kier molecular flexibility index (Phi) is 3.96. The van der Waals surface area contributed by atoms with Crippen LogP contribution in [-0.4, -0.2) is 44.0 Å². The number of ether oxygens (including phenoxy) is 1. The number of aliphatic carboxylic acids is 1. The lowest BCUT2D eigenvalue weighted by Gasteiger charge is -2.16. The summed E-state index contributed by atoms with van der Waals surface area (Å²) in [6.45, 7) is 0.0261. The van der Waals surface area contributed by atoms with Crippen LogP contribution in [0.15, 0.2) is 23.1 Å². The third-order valence-corrected chi connectivity index (χ3v) is 5.12. The van der Waals surface area contributed by atoms with Crippen LogP contribution in [0.5, 0.6) is 5.75 Å². The molecule has 1 heterocycles. The molecule has 0 bridgehead atoms. The van der Waals surface area contributed by atoms with Crippen LogP contribution in [0.25, 0.3) is 0 Å². The van der Waals surface area contributed by atoms with Crippen molar-refractivity contribution in [3.63, 3.8) is 0 Å². The number of nitrogens with zero attached hydrogens (tertiary/aromatic N) is 1. The molecular formula is C12H14FNO5S. The molecule has 0 spiro atoms. The quantitative estimate of drug-likeness (QED) is 0.894. The van der Waals surface area contributed by atoms with Crippen molar-refractivity contribution in [2.75, 3.05) is 20.2 Å². The molecule has 0 unspecified atom stereocenters. The van der Waals surface area contributed by atoms with Gasteiger partial charge in [0.15, 0.2) is 11.6 Å². The largest absolute Gasteiger partial charge is 0.494 e. The van der Waals surface area contributed by atoms with Crippen molar-refractivity contribution in [3.8, 4) is 5.75 Å². The van der Waals surface area contributed by atoms with Crippen LogP contribution in [0, 0.1) is 11.7 Å². The monoisotopic (exact) mass is 303 g/mol. The number of carbonyl (C=O) groups is 1. The molecule has 0 amide bonds. The minimum absolute atomic E-state index is 0.0474. The number of carboxylic acid groups (broad SMARTS) is 1. The predicted molar refractivity (Wildman–Crippen MR) is 67.5 cm³/mol. The maximum Gasteiger partial charge on any atom is 0.307 e. The van der Waals surface area contributed by atoms with Gasteiger partial charge in [-0.1, -0.05) is 0 Å². The molecule has 1 fully saturated rings. The average Bonchev–Trinajstić information content (AvgIpc) is 2.89. The third kappa shape index (κ3) is 2.61. The minimum Gasteiger partial charge on any atom is -0.494 e. The van der Waals surface area contributed by atoms with Crippen LogP contribution in [-0.2, 0) is 14.8 Å². The van der Waals surface area contributed by atoms with E-state index in [2.05, 4.69) is 0 Å². The van der Waals surface area contributed by atoms with Crippen molar-refractivity contribution in [2.45, 2.75) is 11.3 Å². The molecule has 1 aliphatic rings. The highest BCUT2D eigenvalue weighted by Crippen LogP contribution is 2.27. The van der Waals surface area contributed by atoms with Gasteiger partial charge >= 0.3 is 5.97 Å². The zero-order chi connectivity index (χ0) is 14.9. The molecule has 1 aliphatic heterocycles. The topological polar surface area (TPSA) is 83.9 Å². The second-order valence-electron chi connectivity index (χ2n) is 4.48. The van der Waals surface area contributed by atoms with Gasteiger partial charge in [0.25, 0.3) is 0 Å². The lowest BCUT2D eigenvalue weighted by atomic mass is 10.1. The Morgan fingerprint density at radius 2 is 2.20 bits per heavy atom. The molecule has 110 valence electrons. The maximum atomic E-state index is 13.6. The normalized spacial score (nSPS) is 20.0. The zero-order valence-corrected chi connectivity index (χ0v) is 11.6. The lowest BCUT2D eigenvalue weighted by molar-refractivity contribution is -0.141. The molecular weight excluding hydrogens is 289 g/mol. The zero-order valence-electron chi connectivity index (χ0n) is 10.7. The van der Waals surface area contributed by atoms with Gasteiger partial charge in [0.2, 0.25) is 10.0 Å². The van der Waals surface area contributed by atoms with E-state index in [4.69, 9.17) is 9.84 Å². The number of methoxy groups -OCH3 is 1. The van der Waals surface area contributed by atoms with Crippen molar-refractivity contribution in [2.24, 2.45) is 5.92 Å². The van der Waals surface area contributed by atoms with E-state index >= 15 is 0 Å². The van der Waals surface area contributed by atoms with Crippen LogP contribution >= 0.6 is 0 Å². The maximum absolute atomic E-state index is 13.6. The summed E-state index contributed by atoms with van der Waals surface area (Å²) in [6, 6.07) is 3.35. The number of hydrogen-bond donors (Lipinski definition) is 1. The van der Waals surface area contributed by atoms with Crippen molar-refractivity contribution in [1.82, 2.24) is 4.31 Å². The van der Waals surface area contributed by atoms with Crippen LogP contribution < -0.4 is 4.74 Å². The number of hydrogen-bond acceptors (Lipinski definition) is 4. The minimum atomic E-state index is -3.88. The smallest absolute Gasteiger partial charge is 0.307 e. The second-order valence-corrected chi connectivity index (χ2v) is 6.42. The molecule has 0 saturated carbocycles. The van der Waals surface area contributed by atoms with Crippen LogP contribution in [0.4, 0.5) is 4.39 Å². The summed E-state index contributed by atoms with van der Waals surface area (Å²) >= 11 is 0. The number of sulfonamides is 1. The third-order valence-electron chi connectivity index (χ3n) is 3.26. The first-order valence-electron chi connectivity index (χ1n) is 5.92. The van der Waals surface area contributed by atoms with Gasteiger partial charge in [-0.15, -0.1) is 0 Å². The Balaban J connectivity index is 2.27. The van der Waals surface area contributed by atoms with Gasteiger partial charge in [0.1, 0.15) is 0 Å². The SMILES string of the molecule is COc1ccc(S(=O)(=O)N2CC[C@@H](C(=O)O)C2)cc1F. The van der Waals surface area contributed by atoms with E-state index in [0.29, 0.717) is 0 Å². The standard InChI is InChI=1S/C12H14FNO5S/c1-19-11-3-2-9(6-10(11)13)20(17,18)14-5-4-8(7-14)12(15)16/h2-3,6,8H,4-5,7H2,1H3,(H,15,16)/t8-/m1/s1. The Morgan fingerprint density at radius 1 is 1.50 bits per heavy atom. The summed E-state index contributed by atoms with van der Waals surface area (Å²) in [5.41, 5.74) is 0. The van der Waals surface area contributed by atoms with Crippen molar-refractivity contribution >= 4 is 16.0 Å². The molecule has 1 aromatic carbocycles. The molecule has 0 radical (unpaired) electrons. The Bertz CT molecular complexity index is 631. The molecule has 1 N–H and O–H groups in total. The van der Waals surface area contributed by atoms with Gasteiger partial charge < -0.3 is 9.84 Å². The molecule has 20 heavy (non-hydrogen) atoms. The molecule has 1 atom stereocenters. The first-order chi connectivity index (χ1) is 9.36. The fourth-order valence-electron chi connectivity index (χ4n) is 2.10. The fraction of sp³-hybridized carbons (Fsp3) is 0.417. The molecule has 6 nitrogen and oxygen atoms in total. The highest BCUT2D eigenvalue weighted by Gasteiger charge is 2.36. The summed E-state index contributed by atoms with van der Waals surface area (Å²) in [6.07, 6.45) is 0.257. The Labute approximate surface area is 115 Å². The molecule has 0 aliphatic carbocycles. The molecule has 0 aromatic heterocycles. The first kappa shape index (κ1) is 14.7. The summed E-state index contributed by atoms with van der Waals surface area (Å²) in [5.74, 6) is -2.56. The number of halogens is 1. The Morgan fingerprint density at radius 3 is 2.70 bits per heavy atom. The molecule has 2 rings (SSSR count). The second kappa shape index (κ2) is 5.37.